The van der Waals surface area contributed by atoms with E-state index in [0.717, 1.165) is 30.0 Å². The number of ether oxygens (including phenoxy) is 2. The first kappa shape index (κ1) is 17.7. The van der Waals surface area contributed by atoms with E-state index < -0.39 is 5.97 Å². The van der Waals surface area contributed by atoms with E-state index in [0.29, 0.717) is 29.1 Å². The maximum atomic E-state index is 13.1. The number of hydrogen-bond donors (Lipinski definition) is 0. The Balaban J connectivity index is 1.32. The average molecular weight is 378 g/mol. The number of ketones is 1. The van der Waals surface area contributed by atoms with Crippen molar-refractivity contribution in [3.63, 3.8) is 0 Å². The molecule has 4 fully saturated rings. The van der Waals surface area contributed by atoms with Crippen molar-refractivity contribution in [2.45, 2.75) is 38.5 Å². The molecule has 4 heteroatoms. The first-order valence-corrected chi connectivity index (χ1v) is 10.3. The van der Waals surface area contributed by atoms with Crippen molar-refractivity contribution in [3.05, 3.63) is 42.0 Å². The lowest BCUT2D eigenvalue weighted by Crippen LogP contribution is -2.51. The van der Waals surface area contributed by atoms with E-state index in [1.54, 1.807) is 13.2 Å². The molecule has 4 aliphatic rings. The second-order valence-corrected chi connectivity index (χ2v) is 9.10. The fourth-order valence-electron chi connectivity index (χ4n) is 6.36. The van der Waals surface area contributed by atoms with Crippen LogP contribution in [-0.2, 0) is 9.53 Å². The highest BCUT2D eigenvalue weighted by Crippen LogP contribution is 2.60. The average Bonchev–Trinajstić information content (AvgIpc) is 2.69. The van der Waals surface area contributed by atoms with E-state index in [9.17, 15) is 9.59 Å². The highest BCUT2D eigenvalue weighted by atomic mass is 16.5. The lowest BCUT2D eigenvalue weighted by Gasteiger charge is -2.55. The molecule has 28 heavy (non-hydrogen) atoms. The molecular formula is C24H26O4. The molecule has 0 atom stereocenters. The fraction of sp³-hybridized carbons (Fsp3) is 0.500. The van der Waals surface area contributed by atoms with Gasteiger partial charge in [-0.2, -0.15) is 0 Å². The van der Waals surface area contributed by atoms with Gasteiger partial charge in [0.05, 0.1) is 7.11 Å². The minimum atomic E-state index is -0.485. The molecule has 0 saturated heterocycles. The van der Waals surface area contributed by atoms with Gasteiger partial charge in [-0.3, -0.25) is 4.79 Å². The van der Waals surface area contributed by atoms with Crippen LogP contribution < -0.4 is 4.74 Å². The van der Waals surface area contributed by atoms with Gasteiger partial charge in [0.25, 0.3) is 0 Å². The Morgan fingerprint density at radius 1 is 0.964 bits per heavy atom. The highest BCUT2D eigenvalue weighted by molar-refractivity contribution is 6.00. The Morgan fingerprint density at radius 3 is 2.11 bits per heavy atom. The summed E-state index contributed by atoms with van der Waals surface area (Å²) in [5.41, 5.74) is 0.141. The minimum absolute atomic E-state index is 0.124. The van der Waals surface area contributed by atoms with Crippen LogP contribution in [0.5, 0.6) is 5.75 Å². The lowest BCUT2D eigenvalue weighted by atomic mass is 9.48. The molecule has 0 amide bonds. The van der Waals surface area contributed by atoms with Crippen LogP contribution in [0.4, 0.5) is 0 Å². The molecule has 4 saturated carbocycles. The fourth-order valence-corrected chi connectivity index (χ4v) is 6.36. The van der Waals surface area contributed by atoms with Gasteiger partial charge < -0.3 is 9.47 Å². The van der Waals surface area contributed by atoms with Gasteiger partial charge in [-0.1, -0.05) is 24.3 Å². The lowest BCUT2D eigenvalue weighted by molar-refractivity contribution is -0.147. The zero-order valence-corrected chi connectivity index (χ0v) is 16.3. The first-order chi connectivity index (χ1) is 13.6. The summed E-state index contributed by atoms with van der Waals surface area (Å²) in [6.45, 7) is -0.124. The molecule has 0 unspecified atom stereocenters. The molecule has 2 aromatic rings. The van der Waals surface area contributed by atoms with Crippen LogP contribution in [0, 0.1) is 23.2 Å². The summed E-state index contributed by atoms with van der Waals surface area (Å²) >= 11 is 0. The van der Waals surface area contributed by atoms with Crippen molar-refractivity contribution in [1.29, 1.82) is 0 Å². The topological polar surface area (TPSA) is 52.6 Å². The molecule has 0 N–H and O–H groups in total. The minimum Gasteiger partial charge on any atom is -0.496 e. The van der Waals surface area contributed by atoms with Crippen molar-refractivity contribution in [3.8, 4) is 5.75 Å². The van der Waals surface area contributed by atoms with E-state index in [1.165, 1.54) is 19.3 Å². The third-order valence-electron chi connectivity index (χ3n) is 7.25. The third kappa shape index (κ3) is 2.90. The maximum absolute atomic E-state index is 13.1. The van der Waals surface area contributed by atoms with Crippen LogP contribution in [0.25, 0.3) is 10.8 Å². The van der Waals surface area contributed by atoms with Gasteiger partial charge in [-0.25, -0.2) is 4.79 Å². The van der Waals surface area contributed by atoms with Gasteiger partial charge in [0.15, 0.2) is 12.4 Å². The van der Waals surface area contributed by atoms with E-state index in [1.807, 2.05) is 30.3 Å². The van der Waals surface area contributed by atoms with Gasteiger partial charge in [0, 0.05) is 5.41 Å². The largest absolute Gasteiger partial charge is 0.496 e. The van der Waals surface area contributed by atoms with Crippen LogP contribution in [0.15, 0.2) is 36.4 Å². The highest BCUT2D eigenvalue weighted by Gasteiger charge is 2.54. The smallest absolute Gasteiger partial charge is 0.342 e. The number of carbonyl (C=O) groups is 2. The second-order valence-electron chi connectivity index (χ2n) is 9.10. The van der Waals surface area contributed by atoms with Crippen LogP contribution >= 0.6 is 0 Å². The molecule has 0 aromatic heterocycles. The van der Waals surface area contributed by atoms with Gasteiger partial charge in [0.1, 0.15) is 11.3 Å². The number of fused-ring (bicyclic) bond motifs is 1. The number of hydrogen-bond acceptors (Lipinski definition) is 4. The van der Waals surface area contributed by atoms with Crippen molar-refractivity contribution < 1.29 is 19.1 Å². The predicted octanol–water partition coefficient (Wildman–Crippen LogP) is 4.79. The SMILES string of the molecule is COc1cc2ccccc2cc1C(=O)OCC(=O)C12CC3CC(CC(C3)C1)C2. The molecule has 6 rings (SSSR count). The molecule has 0 heterocycles. The summed E-state index contributed by atoms with van der Waals surface area (Å²) in [7, 11) is 1.54. The zero-order chi connectivity index (χ0) is 19.3. The van der Waals surface area contributed by atoms with Crippen molar-refractivity contribution in [1.82, 2.24) is 0 Å². The van der Waals surface area contributed by atoms with E-state index >= 15 is 0 Å². The molecule has 4 aliphatic carbocycles. The summed E-state index contributed by atoms with van der Waals surface area (Å²) in [5, 5.41) is 1.95. The molecule has 146 valence electrons. The number of benzene rings is 2. The van der Waals surface area contributed by atoms with Gasteiger partial charge >= 0.3 is 5.97 Å². The quantitative estimate of drug-likeness (QED) is 0.702. The van der Waals surface area contributed by atoms with Gasteiger partial charge in [0.2, 0.25) is 0 Å². The van der Waals surface area contributed by atoms with E-state index in [2.05, 4.69) is 0 Å². The molecule has 2 aromatic carbocycles. The summed E-state index contributed by atoms with van der Waals surface area (Å²) < 4.78 is 10.9. The van der Waals surface area contributed by atoms with Crippen LogP contribution in [-0.4, -0.2) is 25.5 Å². The molecule has 4 bridgehead atoms. The normalized spacial score (nSPS) is 30.4. The van der Waals surface area contributed by atoms with Crippen molar-refractivity contribution in [2.24, 2.45) is 23.2 Å². The predicted molar refractivity (Wildman–Crippen MR) is 106 cm³/mol. The van der Waals surface area contributed by atoms with Gasteiger partial charge in [-0.05, 0) is 79.2 Å². The third-order valence-corrected chi connectivity index (χ3v) is 7.25. The Morgan fingerprint density at radius 2 is 1.54 bits per heavy atom. The zero-order valence-electron chi connectivity index (χ0n) is 16.3. The molecule has 4 nitrogen and oxygen atoms in total. The number of esters is 1. The molecular weight excluding hydrogens is 352 g/mol. The Kier molecular flexibility index (Phi) is 4.18. The number of methoxy groups -OCH3 is 1. The Bertz CT molecular complexity index is 909. The van der Waals surface area contributed by atoms with Crippen LogP contribution in [0.1, 0.15) is 48.9 Å². The number of rotatable bonds is 5. The monoisotopic (exact) mass is 378 g/mol. The molecule has 0 aliphatic heterocycles. The van der Waals surface area contributed by atoms with Crippen LogP contribution in [0.2, 0.25) is 0 Å². The summed E-state index contributed by atoms with van der Waals surface area (Å²) in [6, 6.07) is 11.4. The Hall–Kier alpha value is -2.36. The summed E-state index contributed by atoms with van der Waals surface area (Å²) in [5.74, 6) is 2.22. The van der Waals surface area contributed by atoms with Gasteiger partial charge in [-0.15, -0.1) is 0 Å². The van der Waals surface area contributed by atoms with Crippen LogP contribution in [0.3, 0.4) is 0 Å². The molecule has 0 radical (unpaired) electrons. The van der Waals surface area contributed by atoms with Crippen molar-refractivity contribution in [2.75, 3.05) is 13.7 Å². The maximum Gasteiger partial charge on any atom is 0.342 e. The number of Topliss-reactive ketones (excluding diaryl/α,β-unsaturated/α-hetero) is 1. The standard InChI is InChI=1S/C24H26O4/c1-27-21-10-19-5-3-2-4-18(19)9-20(21)23(26)28-14-22(25)24-11-15-6-16(12-24)8-17(7-15)13-24/h2-5,9-10,15-17H,6-8,11-14H2,1H3. The first-order valence-electron chi connectivity index (χ1n) is 10.3. The van der Waals surface area contributed by atoms with Crippen molar-refractivity contribution >= 4 is 22.5 Å². The number of carbonyl (C=O) groups excluding carboxylic acids is 2. The Labute approximate surface area is 165 Å². The molecule has 0 spiro atoms. The summed E-state index contributed by atoms with van der Waals surface area (Å²) in [6.07, 6.45) is 6.86. The second kappa shape index (κ2) is 6.61. The summed E-state index contributed by atoms with van der Waals surface area (Å²) in [4.78, 5) is 25.8. The van der Waals surface area contributed by atoms with E-state index in [4.69, 9.17) is 9.47 Å². The van der Waals surface area contributed by atoms with E-state index in [-0.39, 0.29) is 17.8 Å².